The van der Waals surface area contributed by atoms with Crippen molar-refractivity contribution in [3.63, 3.8) is 0 Å². The fourth-order valence-corrected chi connectivity index (χ4v) is 1.58. The number of carboxylic acids is 1. The van der Waals surface area contributed by atoms with E-state index in [1.54, 1.807) is 0 Å². The molecule has 0 saturated heterocycles. The van der Waals surface area contributed by atoms with Gasteiger partial charge in [-0.05, 0) is 18.2 Å². The SMILES string of the molecule is COc1c(F)c(=O)[nH]c2cc(C(=O)O)ccc12. The van der Waals surface area contributed by atoms with Crippen LogP contribution in [0.4, 0.5) is 4.39 Å². The van der Waals surface area contributed by atoms with Crippen LogP contribution in [0.3, 0.4) is 0 Å². The van der Waals surface area contributed by atoms with Gasteiger partial charge in [0.1, 0.15) is 0 Å². The summed E-state index contributed by atoms with van der Waals surface area (Å²) < 4.78 is 18.2. The van der Waals surface area contributed by atoms with Gasteiger partial charge in [0.05, 0.1) is 18.2 Å². The quantitative estimate of drug-likeness (QED) is 0.826. The van der Waals surface area contributed by atoms with Crippen molar-refractivity contribution >= 4 is 16.9 Å². The second-order valence-electron chi connectivity index (χ2n) is 3.37. The molecule has 6 heteroatoms. The number of aromatic amines is 1. The number of H-pyrrole nitrogens is 1. The molecule has 0 radical (unpaired) electrons. The molecule has 0 aliphatic rings. The first-order chi connectivity index (χ1) is 8.04. The predicted octanol–water partition coefficient (Wildman–Crippen LogP) is 1.37. The average molecular weight is 237 g/mol. The van der Waals surface area contributed by atoms with Gasteiger partial charge in [0.25, 0.3) is 5.56 Å². The molecule has 0 unspecified atom stereocenters. The minimum atomic E-state index is -1.13. The van der Waals surface area contributed by atoms with Crippen LogP contribution in [-0.2, 0) is 0 Å². The molecule has 17 heavy (non-hydrogen) atoms. The summed E-state index contributed by atoms with van der Waals surface area (Å²) in [5.74, 6) is -2.35. The summed E-state index contributed by atoms with van der Waals surface area (Å²) in [6.45, 7) is 0. The van der Waals surface area contributed by atoms with E-state index in [1.165, 1.54) is 25.3 Å². The molecule has 0 aliphatic carbocycles. The Balaban J connectivity index is 2.85. The predicted molar refractivity (Wildman–Crippen MR) is 58.0 cm³/mol. The number of hydrogen-bond donors (Lipinski definition) is 2. The lowest BCUT2D eigenvalue weighted by Crippen LogP contribution is -2.12. The first-order valence-electron chi connectivity index (χ1n) is 4.67. The van der Waals surface area contributed by atoms with Crippen molar-refractivity contribution in [2.75, 3.05) is 7.11 Å². The number of aromatic nitrogens is 1. The molecule has 0 atom stereocenters. The van der Waals surface area contributed by atoms with E-state index in [0.717, 1.165) is 0 Å². The van der Waals surface area contributed by atoms with Gasteiger partial charge in [0, 0.05) is 5.39 Å². The first-order valence-corrected chi connectivity index (χ1v) is 4.67. The van der Waals surface area contributed by atoms with Gasteiger partial charge >= 0.3 is 5.97 Å². The second-order valence-corrected chi connectivity index (χ2v) is 3.37. The Morgan fingerprint density at radius 3 is 2.76 bits per heavy atom. The number of benzene rings is 1. The molecule has 2 N–H and O–H groups in total. The highest BCUT2D eigenvalue weighted by atomic mass is 19.1. The lowest BCUT2D eigenvalue weighted by molar-refractivity contribution is 0.0697. The minimum Gasteiger partial charge on any atom is -0.493 e. The van der Waals surface area contributed by atoms with Crippen LogP contribution < -0.4 is 10.3 Å². The summed E-state index contributed by atoms with van der Waals surface area (Å²) in [5.41, 5.74) is -0.730. The summed E-state index contributed by atoms with van der Waals surface area (Å²) >= 11 is 0. The molecule has 0 saturated carbocycles. The number of fused-ring (bicyclic) bond motifs is 1. The van der Waals surface area contributed by atoms with Crippen LogP contribution in [0, 0.1) is 5.82 Å². The van der Waals surface area contributed by atoms with E-state index in [9.17, 15) is 14.0 Å². The van der Waals surface area contributed by atoms with E-state index >= 15 is 0 Å². The van der Waals surface area contributed by atoms with E-state index in [2.05, 4.69) is 4.98 Å². The van der Waals surface area contributed by atoms with Crippen molar-refractivity contribution in [3.8, 4) is 5.75 Å². The molecule has 2 rings (SSSR count). The van der Waals surface area contributed by atoms with Crippen molar-refractivity contribution in [1.82, 2.24) is 4.98 Å². The lowest BCUT2D eigenvalue weighted by atomic mass is 10.1. The Morgan fingerprint density at radius 1 is 1.47 bits per heavy atom. The standard InChI is InChI=1S/C11H8FNO4/c1-17-9-6-3-2-5(11(15)16)4-7(6)13-10(14)8(9)12/h2-4H,1H3,(H,13,14)(H,15,16). The van der Waals surface area contributed by atoms with E-state index < -0.39 is 17.3 Å². The number of ether oxygens (including phenoxy) is 1. The molecule has 1 aromatic carbocycles. The summed E-state index contributed by atoms with van der Waals surface area (Å²) in [6.07, 6.45) is 0. The van der Waals surface area contributed by atoms with Crippen LogP contribution in [0.1, 0.15) is 10.4 Å². The molecule has 2 aromatic rings. The molecular weight excluding hydrogens is 229 g/mol. The normalized spacial score (nSPS) is 10.5. The smallest absolute Gasteiger partial charge is 0.335 e. The third-order valence-corrected chi connectivity index (χ3v) is 2.36. The number of rotatable bonds is 2. The fraction of sp³-hybridized carbons (Fsp3) is 0.0909. The maximum absolute atomic E-state index is 13.4. The molecule has 0 amide bonds. The van der Waals surface area contributed by atoms with Crippen molar-refractivity contribution < 1.29 is 19.0 Å². The third-order valence-electron chi connectivity index (χ3n) is 2.36. The lowest BCUT2D eigenvalue weighted by Gasteiger charge is -2.06. The number of halogens is 1. The minimum absolute atomic E-state index is 0.00168. The van der Waals surface area contributed by atoms with E-state index in [0.29, 0.717) is 5.39 Å². The highest BCUT2D eigenvalue weighted by Crippen LogP contribution is 2.25. The van der Waals surface area contributed by atoms with E-state index in [4.69, 9.17) is 9.84 Å². The summed E-state index contributed by atoms with van der Waals surface area (Å²) in [4.78, 5) is 24.2. The first kappa shape index (κ1) is 11.1. The molecule has 0 aliphatic heterocycles. The Hall–Kier alpha value is -2.37. The number of nitrogens with one attached hydrogen (secondary N) is 1. The van der Waals surface area contributed by atoms with Crippen LogP contribution in [0.25, 0.3) is 10.9 Å². The molecule has 1 heterocycles. The van der Waals surface area contributed by atoms with Gasteiger partial charge in [-0.15, -0.1) is 0 Å². The zero-order chi connectivity index (χ0) is 12.6. The average Bonchev–Trinajstić information content (AvgIpc) is 2.30. The van der Waals surface area contributed by atoms with Crippen molar-refractivity contribution in [1.29, 1.82) is 0 Å². The zero-order valence-corrected chi connectivity index (χ0v) is 8.78. The molecule has 0 bridgehead atoms. The van der Waals surface area contributed by atoms with Gasteiger partial charge in [-0.2, -0.15) is 4.39 Å². The molecule has 0 fully saturated rings. The molecule has 5 nitrogen and oxygen atoms in total. The monoisotopic (exact) mass is 237 g/mol. The van der Waals surface area contributed by atoms with Crippen molar-refractivity contribution in [2.24, 2.45) is 0 Å². The number of carboxylic acid groups (broad SMARTS) is 1. The Kier molecular flexibility index (Phi) is 2.55. The number of carbonyl (C=O) groups is 1. The number of hydrogen-bond acceptors (Lipinski definition) is 3. The summed E-state index contributed by atoms with van der Waals surface area (Å²) in [5, 5.41) is 9.11. The van der Waals surface area contributed by atoms with E-state index in [1.807, 2.05) is 0 Å². The van der Waals surface area contributed by atoms with Crippen molar-refractivity contribution in [3.05, 3.63) is 39.9 Å². The van der Waals surface area contributed by atoms with Crippen molar-refractivity contribution in [2.45, 2.75) is 0 Å². The summed E-state index contributed by atoms with van der Waals surface area (Å²) in [7, 11) is 1.24. The molecule has 1 aromatic heterocycles. The zero-order valence-electron chi connectivity index (χ0n) is 8.78. The van der Waals surface area contributed by atoms with Gasteiger partial charge in [0.15, 0.2) is 5.75 Å². The maximum Gasteiger partial charge on any atom is 0.335 e. The van der Waals surface area contributed by atoms with Crippen LogP contribution in [0.5, 0.6) is 5.75 Å². The van der Waals surface area contributed by atoms with Gasteiger partial charge in [0.2, 0.25) is 5.82 Å². The van der Waals surface area contributed by atoms with Crippen LogP contribution in [0.15, 0.2) is 23.0 Å². The highest BCUT2D eigenvalue weighted by molar-refractivity contribution is 5.94. The van der Waals surface area contributed by atoms with Gasteiger partial charge in [-0.1, -0.05) is 0 Å². The Morgan fingerprint density at radius 2 is 2.18 bits per heavy atom. The molecule has 0 spiro atoms. The molecule has 88 valence electrons. The Bertz CT molecular complexity index is 662. The fourth-order valence-electron chi connectivity index (χ4n) is 1.58. The van der Waals surface area contributed by atoms with Gasteiger partial charge in [-0.3, -0.25) is 4.79 Å². The third kappa shape index (κ3) is 1.73. The topological polar surface area (TPSA) is 79.4 Å². The van der Waals surface area contributed by atoms with Crippen LogP contribution in [-0.4, -0.2) is 23.2 Å². The number of methoxy groups -OCH3 is 1. The highest BCUT2D eigenvalue weighted by Gasteiger charge is 2.14. The molecular formula is C11H8FNO4. The van der Waals surface area contributed by atoms with Crippen LogP contribution >= 0.6 is 0 Å². The van der Waals surface area contributed by atoms with Gasteiger partial charge in [-0.25, -0.2) is 4.79 Å². The number of aromatic carboxylic acids is 1. The Labute approximate surface area is 94.5 Å². The number of pyridine rings is 1. The van der Waals surface area contributed by atoms with E-state index in [-0.39, 0.29) is 16.8 Å². The van der Waals surface area contributed by atoms with Crippen LogP contribution in [0.2, 0.25) is 0 Å². The summed E-state index contributed by atoms with van der Waals surface area (Å²) in [6, 6.07) is 3.95. The maximum atomic E-state index is 13.4. The second kappa shape index (κ2) is 3.89. The van der Waals surface area contributed by atoms with Gasteiger partial charge < -0.3 is 14.8 Å². The largest absolute Gasteiger partial charge is 0.493 e.